The van der Waals surface area contributed by atoms with Crippen molar-refractivity contribution in [2.24, 2.45) is 10.7 Å². The predicted octanol–water partition coefficient (Wildman–Crippen LogP) is 4.85. The van der Waals surface area contributed by atoms with Gasteiger partial charge in [0.05, 0.1) is 13.0 Å². The summed E-state index contributed by atoms with van der Waals surface area (Å²) in [6, 6.07) is 9.78. The van der Waals surface area contributed by atoms with E-state index in [0.717, 1.165) is 49.4 Å². The Bertz CT molecular complexity index is 1250. The molecule has 7 heteroatoms. The van der Waals surface area contributed by atoms with E-state index in [0.29, 0.717) is 31.0 Å². The van der Waals surface area contributed by atoms with Gasteiger partial charge < -0.3 is 15.6 Å². The van der Waals surface area contributed by atoms with Crippen molar-refractivity contribution in [2.45, 2.75) is 52.8 Å². The molecular weight excluding hydrogens is 434 g/mol. The molecule has 1 aromatic heterocycles. The molecule has 0 saturated carbocycles. The lowest BCUT2D eigenvalue weighted by atomic mass is 9.90. The molecule has 2 aromatic carbocycles. The van der Waals surface area contributed by atoms with Gasteiger partial charge in [0.1, 0.15) is 17.3 Å². The highest BCUT2D eigenvalue weighted by molar-refractivity contribution is 7.08. The topological polar surface area (TPSA) is 91.1 Å². The Hall–Kier alpha value is -3.32. The minimum absolute atomic E-state index is 0.324. The third-order valence-electron chi connectivity index (χ3n) is 6.46. The Balaban J connectivity index is 1.57. The zero-order valence-corrected chi connectivity index (χ0v) is 20.2. The Morgan fingerprint density at radius 1 is 1.24 bits per heavy atom. The lowest BCUT2D eigenvalue weighted by Gasteiger charge is -2.32. The minimum Gasteiger partial charge on any atom is -0.507 e. The van der Waals surface area contributed by atoms with Crippen LogP contribution in [0.1, 0.15) is 52.3 Å². The highest BCUT2D eigenvalue weighted by Crippen LogP contribution is 2.43. The molecule has 2 heterocycles. The molecule has 0 saturated heterocycles. The molecule has 1 aliphatic rings. The van der Waals surface area contributed by atoms with Crippen LogP contribution in [0, 0.1) is 20.8 Å². The number of aliphatic imine (C=N–C) groups is 1. The predicted molar refractivity (Wildman–Crippen MR) is 132 cm³/mol. The molecule has 0 aliphatic carbocycles. The van der Waals surface area contributed by atoms with Crippen LogP contribution in [0.2, 0.25) is 0 Å². The summed E-state index contributed by atoms with van der Waals surface area (Å²) in [5, 5.41) is 25.3. The zero-order valence-electron chi connectivity index (χ0n) is 19.4. The molecule has 4 rings (SSSR count). The van der Waals surface area contributed by atoms with Gasteiger partial charge in [0.2, 0.25) is 6.21 Å². The second-order valence-corrected chi connectivity index (χ2v) is 9.52. The maximum absolute atomic E-state index is 11.0. The largest absolute Gasteiger partial charge is 0.507 e. The van der Waals surface area contributed by atoms with Crippen molar-refractivity contribution in [1.82, 2.24) is 0 Å². The average molecular weight is 465 g/mol. The third-order valence-corrected chi connectivity index (χ3v) is 7.14. The second kappa shape index (κ2) is 8.90. The van der Waals surface area contributed by atoms with E-state index in [4.69, 9.17) is 10.5 Å². The van der Waals surface area contributed by atoms with Gasteiger partial charge in [0.15, 0.2) is 0 Å². The molecule has 0 bridgehead atoms. The molecule has 0 radical (unpaired) electrons. The van der Waals surface area contributed by atoms with Crippen LogP contribution in [-0.4, -0.2) is 32.8 Å². The van der Waals surface area contributed by atoms with Crippen LogP contribution in [0.3, 0.4) is 0 Å². The quantitative estimate of drug-likeness (QED) is 0.166. The first-order chi connectivity index (χ1) is 15.7. The summed E-state index contributed by atoms with van der Waals surface area (Å²) in [5.41, 5.74) is 11.5. The van der Waals surface area contributed by atoms with Gasteiger partial charge in [-0.2, -0.15) is 11.3 Å². The summed E-state index contributed by atoms with van der Waals surface area (Å²) in [6.07, 6.45) is 2.96. The highest BCUT2D eigenvalue weighted by Gasteiger charge is 2.44. The van der Waals surface area contributed by atoms with E-state index >= 15 is 0 Å². The SMILES string of the molecule is Cc1c(C)c2c(c(C)c1O)CCC(C)(/[N+](O)=C/c1cccc(CN=C(N)c3ccsc3)c1)O2. The number of fused-ring (bicyclic) bond motifs is 1. The van der Waals surface area contributed by atoms with Crippen LogP contribution in [0.4, 0.5) is 0 Å². The molecule has 172 valence electrons. The molecule has 0 spiro atoms. The standard InChI is InChI=1S/C26H29N3O3S/c1-16-17(2)24-22(18(3)23(16)30)8-10-26(4,32-24)29(31)14-20-7-5-6-19(12-20)13-28-25(27)21-9-11-33-15-21/h5-7,9,11-12,14-15H,8,10,13H2,1-4H3,(H3-,27,28,30,31)/p+1/b29-14-. The fraction of sp³-hybridized carbons (Fsp3) is 0.308. The van der Waals surface area contributed by atoms with E-state index in [1.165, 1.54) is 0 Å². The van der Waals surface area contributed by atoms with Crippen molar-refractivity contribution in [3.8, 4) is 11.5 Å². The highest BCUT2D eigenvalue weighted by atomic mass is 32.1. The number of hydrogen-bond donors (Lipinski definition) is 3. The smallest absolute Gasteiger partial charge is 0.350 e. The van der Waals surface area contributed by atoms with E-state index in [1.54, 1.807) is 17.6 Å². The van der Waals surface area contributed by atoms with Crippen molar-refractivity contribution in [3.05, 3.63) is 80.0 Å². The minimum atomic E-state index is -0.925. The number of benzene rings is 2. The summed E-state index contributed by atoms with van der Waals surface area (Å²) in [7, 11) is 0. The van der Waals surface area contributed by atoms with Crippen LogP contribution < -0.4 is 10.5 Å². The summed E-state index contributed by atoms with van der Waals surface area (Å²) < 4.78 is 7.50. The van der Waals surface area contributed by atoms with E-state index < -0.39 is 5.72 Å². The Morgan fingerprint density at radius 3 is 2.76 bits per heavy atom. The van der Waals surface area contributed by atoms with Crippen molar-refractivity contribution < 1.29 is 19.8 Å². The van der Waals surface area contributed by atoms with Gasteiger partial charge in [-0.3, -0.25) is 10.2 Å². The maximum atomic E-state index is 11.0. The second-order valence-electron chi connectivity index (χ2n) is 8.74. The summed E-state index contributed by atoms with van der Waals surface area (Å²) >= 11 is 1.59. The Kier molecular flexibility index (Phi) is 6.17. The van der Waals surface area contributed by atoms with Gasteiger partial charge >= 0.3 is 5.72 Å². The number of hydrogen-bond acceptors (Lipinski definition) is 5. The number of phenolic OH excluding ortho intramolecular Hbond substituents is 1. The normalized spacial score (nSPS) is 18.7. The van der Waals surface area contributed by atoms with Gasteiger partial charge in [-0.1, -0.05) is 12.1 Å². The average Bonchev–Trinajstić information content (AvgIpc) is 3.35. The number of hydroxylamine groups is 1. The molecule has 6 nitrogen and oxygen atoms in total. The van der Waals surface area contributed by atoms with Crippen LogP contribution in [-0.2, 0) is 13.0 Å². The van der Waals surface area contributed by atoms with Crippen LogP contribution >= 0.6 is 11.3 Å². The molecule has 1 aliphatic heterocycles. The monoisotopic (exact) mass is 464 g/mol. The number of thiophene rings is 1. The third kappa shape index (κ3) is 4.46. The number of amidine groups is 1. The summed E-state index contributed by atoms with van der Waals surface area (Å²) in [4.78, 5) is 4.48. The number of rotatable bonds is 5. The van der Waals surface area contributed by atoms with E-state index in [-0.39, 0.29) is 0 Å². The summed E-state index contributed by atoms with van der Waals surface area (Å²) in [5.74, 6) is 1.59. The summed E-state index contributed by atoms with van der Waals surface area (Å²) in [6.45, 7) is 8.07. The Morgan fingerprint density at radius 2 is 2.03 bits per heavy atom. The first-order valence-electron chi connectivity index (χ1n) is 10.9. The van der Waals surface area contributed by atoms with Crippen molar-refractivity contribution in [1.29, 1.82) is 0 Å². The molecule has 1 unspecified atom stereocenters. The number of ether oxygens (including phenoxy) is 1. The maximum Gasteiger partial charge on any atom is 0.350 e. The lowest BCUT2D eigenvalue weighted by molar-refractivity contribution is -0.846. The van der Waals surface area contributed by atoms with Gasteiger partial charge in [-0.05, 0) is 73.0 Å². The fourth-order valence-electron chi connectivity index (χ4n) is 4.12. The molecule has 4 N–H and O–H groups in total. The fourth-order valence-corrected chi connectivity index (χ4v) is 4.77. The molecule has 0 amide bonds. The Labute approximate surface area is 198 Å². The van der Waals surface area contributed by atoms with Crippen molar-refractivity contribution >= 4 is 23.4 Å². The van der Waals surface area contributed by atoms with E-state index in [1.807, 2.05) is 68.8 Å². The number of nitrogens with two attached hydrogens (primary N) is 1. The van der Waals surface area contributed by atoms with Gasteiger partial charge in [0, 0.05) is 33.7 Å². The molecular formula is C26H30N3O3S+. The number of phenols is 1. The van der Waals surface area contributed by atoms with E-state index in [9.17, 15) is 10.3 Å². The molecule has 0 fully saturated rings. The molecule has 3 aromatic rings. The number of nitrogens with zero attached hydrogens (tertiary/aromatic N) is 2. The lowest BCUT2D eigenvalue weighted by Crippen LogP contribution is -2.47. The van der Waals surface area contributed by atoms with Crippen LogP contribution in [0.15, 0.2) is 46.1 Å². The van der Waals surface area contributed by atoms with Crippen LogP contribution in [0.5, 0.6) is 11.5 Å². The number of aromatic hydroxyl groups is 1. The van der Waals surface area contributed by atoms with Crippen molar-refractivity contribution in [3.63, 3.8) is 0 Å². The molecule has 1 atom stereocenters. The zero-order chi connectivity index (χ0) is 23.8. The van der Waals surface area contributed by atoms with Gasteiger partial charge in [-0.15, -0.1) is 0 Å². The van der Waals surface area contributed by atoms with Crippen molar-refractivity contribution in [2.75, 3.05) is 0 Å². The van der Waals surface area contributed by atoms with E-state index in [2.05, 4.69) is 4.99 Å². The first kappa shape index (κ1) is 22.9. The molecule has 33 heavy (non-hydrogen) atoms. The first-order valence-corrected chi connectivity index (χ1v) is 11.9. The van der Waals surface area contributed by atoms with Gasteiger partial charge in [0.25, 0.3) is 0 Å². The van der Waals surface area contributed by atoms with Crippen LogP contribution in [0.25, 0.3) is 0 Å². The van der Waals surface area contributed by atoms with Gasteiger partial charge in [-0.25, -0.2) is 0 Å².